The van der Waals surface area contributed by atoms with Crippen LogP contribution in [0.5, 0.6) is 0 Å². The van der Waals surface area contributed by atoms with Crippen molar-refractivity contribution in [1.82, 2.24) is 15.5 Å². The average molecular weight is 218 g/mol. The fourth-order valence-corrected chi connectivity index (χ4v) is 1.61. The van der Waals surface area contributed by atoms with Gasteiger partial charge in [0.05, 0.1) is 13.2 Å². The molecule has 0 amide bonds. The molecule has 92 valence electrons. The summed E-state index contributed by atoms with van der Waals surface area (Å²) >= 11 is 0. The molecule has 0 bridgehead atoms. The van der Waals surface area contributed by atoms with Crippen molar-refractivity contribution >= 4 is 0 Å². The van der Waals surface area contributed by atoms with Gasteiger partial charge in [-0.3, -0.25) is 4.90 Å². The Labute approximate surface area is 93.8 Å². The maximum atomic E-state index is 5.38. The normalized spacial score (nSPS) is 23.0. The van der Waals surface area contributed by atoms with Gasteiger partial charge in [-0.05, 0) is 0 Å². The van der Waals surface area contributed by atoms with Crippen LogP contribution < -0.4 is 16.4 Å². The van der Waals surface area contributed by atoms with E-state index >= 15 is 0 Å². The number of morpholine rings is 1. The Morgan fingerprint density at radius 3 is 2.00 bits per heavy atom. The zero-order valence-electron chi connectivity index (χ0n) is 9.50. The van der Waals surface area contributed by atoms with Crippen LogP contribution in [-0.4, -0.2) is 70.5 Å². The fraction of sp³-hybridized carbons (Fsp3) is 1.00. The van der Waals surface area contributed by atoms with Crippen LogP contribution in [0.15, 0.2) is 0 Å². The van der Waals surface area contributed by atoms with Gasteiger partial charge in [0.25, 0.3) is 0 Å². The molecule has 2 heterocycles. The van der Waals surface area contributed by atoms with Gasteiger partial charge in [0, 0.05) is 53.8 Å². The van der Waals surface area contributed by atoms with Crippen molar-refractivity contribution in [2.45, 2.75) is 0 Å². The second-order valence-corrected chi connectivity index (χ2v) is 3.74. The van der Waals surface area contributed by atoms with Crippen molar-refractivity contribution in [1.29, 1.82) is 0 Å². The lowest BCUT2D eigenvalue weighted by Crippen LogP contribution is -2.39. The molecule has 15 heavy (non-hydrogen) atoms. The van der Waals surface area contributed by atoms with E-state index in [2.05, 4.69) is 15.5 Å². The van der Waals surface area contributed by atoms with Crippen LogP contribution in [0.2, 0.25) is 0 Å². The number of hydrogen-bond acceptors (Lipinski definition) is 5. The second kappa shape index (κ2) is 9.06. The van der Waals surface area contributed by atoms with Crippen LogP contribution in [0.1, 0.15) is 1.43 Å². The number of rotatable bonds is 2. The maximum Gasteiger partial charge on any atom is 0.0594 e. The molecule has 0 unspecified atom stereocenters. The van der Waals surface area contributed by atoms with E-state index in [9.17, 15) is 0 Å². The van der Waals surface area contributed by atoms with Crippen molar-refractivity contribution in [3.05, 3.63) is 0 Å². The minimum Gasteiger partial charge on any atom is -0.379 e. The third kappa shape index (κ3) is 6.81. The molecule has 0 radical (unpaired) electrons. The summed E-state index contributed by atoms with van der Waals surface area (Å²) in [5, 5.41) is 6.44. The van der Waals surface area contributed by atoms with E-state index in [1.54, 1.807) is 0 Å². The molecule has 0 aliphatic carbocycles. The first-order chi connectivity index (χ1) is 7.43. The highest BCUT2D eigenvalue weighted by atomic mass is 16.5. The highest BCUT2D eigenvalue weighted by molar-refractivity contribution is 4.61. The molecule has 0 saturated carbocycles. The highest BCUT2D eigenvalue weighted by Gasteiger charge is 2.07. The third-order valence-electron chi connectivity index (χ3n) is 2.51. The lowest BCUT2D eigenvalue weighted by atomic mass is 10.4. The Morgan fingerprint density at radius 1 is 1.07 bits per heavy atom. The first-order valence-corrected chi connectivity index (χ1v) is 5.85. The summed E-state index contributed by atoms with van der Waals surface area (Å²) in [6.07, 6.45) is 0. The van der Waals surface area contributed by atoms with Crippen molar-refractivity contribution in [2.24, 2.45) is 5.73 Å². The lowest BCUT2D eigenvalue weighted by molar-refractivity contribution is 0.0394. The summed E-state index contributed by atoms with van der Waals surface area (Å²) < 4.78 is 5.16. The summed E-state index contributed by atoms with van der Waals surface area (Å²) in [5.74, 6) is 0. The molecule has 2 aliphatic heterocycles. The molecule has 2 aliphatic rings. The van der Waals surface area contributed by atoms with Crippen molar-refractivity contribution in [3.63, 3.8) is 0 Å². The topological polar surface area (TPSA) is 62.5 Å². The van der Waals surface area contributed by atoms with Gasteiger partial charge in [-0.25, -0.2) is 0 Å². The Morgan fingerprint density at radius 2 is 1.60 bits per heavy atom. The summed E-state index contributed by atoms with van der Waals surface area (Å²) in [6.45, 7) is 10.2. The first-order valence-electron chi connectivity index (χ1n) is 5.85. The Hall–Kier alpha value is -0.200. The van der Waals surface area contributed by atoms with E-state index in [1.807, 2.05) is 0 Å². The van der Waals surface area contributed by atoms with Crippen molar-refractivity contribution in [2.75, 3.05) is 65.6 Å². The van der Waals surface area contributed by atoms with Crippen LogP contribution >= 0.6 is 0 Å². The lowest BCUT2D eigenvalue weighted by Gasteiger charge is -2.25. The van der Waals surface area contributed by atoms with Gasteiger partial charge >= 0.3 is 0 Å². The van der Waals surface area contributed by atoms with Crippen LogP contribution in [-0.2, 0) is 4.74 Å². The monoisotopic (exact) mass is 218 g/mol. The molecule has 0 aromatic carbocycles. The molecular weight excluding hydrogens is 192 g/mol. The summed E-state index contributed by atoms with van der Waals surface area (Å²) in [5.41, 5.74) is 5.38. The number of hydrogen-bond donors (Lipinski definition) is 3. The minimum absolute atomic E-state index is 0. The van der Waals surface area contributed by atoms with Crippen LogP contribution in [0.25, 0.3) is 0 Å². The van der Waals surface area contributed by atoms with Gasteiger partial charge in [-0.15, -0.1) is 0 Å². The summed E-state index contributed by atoms with van der Waals surface area (Å²) in [7, 11) is 0. The number of nitrogens with one attached hydrogen (secondary N) is 2. The SMILES string of the molecule is C1CNCCN1.NCCN1CCOCC1.[HH]. The summed E-state index contributed by atoms with van der Waals surface area (Å²) in [4.78, 5) is 2.32. The molecule has 0 spiro atoms. The van der Waals surface area contributed by atoms with Gasteiger partial charge in [0.2, 0.25) is 0 Å². The molecule has 2 saturated heterocycles. The Kier molecular flexibility index (Phi) is 7.77. The molecule has 0 atom stereocenters. The largest absolute Gasteiger partial charge is 0.379 e. The Bertz CT molecular complexity index is 127. The highest BCUT2D eigenvalue weighted by Crippen LogP contribution is 1.93. The standard InChI is InChI=1S/C6H14N2O.C4H10N2.H2/c7-1-2-8-3-5-9-6-4-8;1-2-6-4-3-5-1;/h1-7H2;5-6H,1-4H2;1H. The molecule has 5 nitrogen and oxygen atoms in total. The number of nitrogens with zero attached hydrogens (tertiary/aromatic N) is 1. The molecule has 4 N–H and O–H groups in total. The zero-order valence-corrected chi connectivity index (χ0v) is 9.50. The fourth-order valence-electron chi connectivity index (χ4n) is 1.61. The second-order valence-electron chi connectivity index (χ2n) is 3.74. The minimum atomic E-state index is 0. The molecule has 2 fully saturated rings. The van der Waals surface area contributed by atoms with Crippen LogP contribution in [0.3, 0.4) is 0 Å². The van der Waals surface area contributed by atoms with Crippen molar-refractivity contribution < 1.29 is 6.16 Å². The number of piperazine rings is 1. The molecule has 2 rings (SSSR count). The molecule has 0 aromatic rings. The summed E-state index contributed by atoms with van der Waals surface area (Å²) in [6, 6.07) is 0. The molecule has 0 aromatic heterocycles. The van der Waals surface area contributed by atoms with Gasteiger partial charge in [0.1, 0.15) is 0 Å². The Balaban J connectivity index is 0.000000283. The number of nitrogens with two attached hydrogens (primary N) is 1. The van der Waals surface area contributed by atoms with Crippen LogP contribution in [0.4, 0.5) is 0 Å². The smallest absolute Gasteiger partial charge is 0.0594 e. The van der Waals surface area contributed by atoms with E-state index in [1.165, 1.54) is 0 Å². The van der Waals surface area contributed by atoms with Gasteiger partial charge in [-0.1, -0.05) is 0 Å². The first kappa shape index (κ1) is 12.9. The van der Waals surface area contributed by atoms with Gasteiger partial charge in [-0.2, -0.15) is 0 Å². The van der Waals surface area contributed by atoms with Crippen molar-refractivity contribution in [3.8, 4) is 0 Å². The predicted molar refractivity (Wildman–Crippen MR) is 64.2 cm³/mol. The average Bonchev–Trinajstić information content (AvgIpc) is 2.34. The van der Waals surface area contributed by atoms with E-state index in [0.717, 1.165) is 65.6 Å². The van der Waals surface area contributed by atoms with Gasteiger partial charge < -0.3 is 21.1 Å². The van der Waals surface area contributed by atoms with E-state index < -0.39 is 0 Å². The zero-order chi connectivity index (χ0) is 10.8. The van der Waals surface area contributed by atoms with Gasteiger partial charge in [0.15, 0.2) is 0 Å². The molecular formula is C10H26N4O. The third-order valence-corrected chi connectivity index (χ3v) is 2.51. The molecule has 5 heteroatoms. The maximum absolute atomic E-state index is 5.38. The van der Waals surface area contributed by atoms with E-state index in [0.29, 0.717) is 0 Å². The van der Waals surface area contributed by atoms with Crippen LogP contribution in [0, 0.1) is 0 Å². The van der Waals surface area contributed by atoms with E-state index in [-0.39, 0.29) is 1.43 Å². The predicted octanol–water partition coefficient (Wildman–Crippen LogP) is -1.30. The number of ether oxygens (including phenoxy) is 1. The quantitative estimate of drug-likeness (QED) is 0.538. The van der Waals surface area contributed by atoms with E-state index in [4.69, 9.17) is 10.5 Å².